The van der Waals surface area contributed by atoms with Gasteiger partial charge in [0.05, 0.1) is 6.42 Å². The van der Waals surface area contributed by atoms with Crippen LogP contribution >= 0.6 is 0 Å². The minimum Gasteiger partial charge on any atom is -0.481 e. The van der Waals surface area contributed by atoms with Gasteiger partial charge in [-0.2, -0.15) is 0 Å². The summed E-state index contributed by atoms with van der Waals surface area (Å²) in [5.74, 6) is 0.877. The molecule has 0 heterocycles. The summed E-state index contributed by atoms with van der Waals surface area (Å²) in [5.41, 5.74) is 0.987. The van der Waals surface area contributed by atoms with Crippen molar-refractivity contribution in [3.8, 4) is 0 Å². The average molecular weight is 264 g/mol. The molecule has 2 heteroatoms. The van der Waals surface area contributed by atoms with E-state index in [-0.39, 0.29) is 5.41 Å². The fourth-order valence-corrected chi connectivity index (χ4v) is 5.99. The van der Waals surface area contributed by atoms with E-state index < -0.39 is 5.97 Å². The van der Waals surface area contributed by atoms with Crippen molar-refractivity contribution < 1.29 is 9.90 Å². The number of carboxylic acid groups (broad SMARTS) is 1. The van der Waals surface area contributed by atoms with Gasteiger partial charge in [0, 0.05) is 0 Å². The minimum absolute atomic E-state index is 0.121. The van der Waals surface area contributed by atoms with Gasteiger partial charge in [0.2, 0.25) is 0 Å². The van der Waals surface area contributed by atoms with Crippen LogP contribution in [0, 0.1) is 28.1 Å². The van der Waals surface area contributed by atoms with E-state index in [1.54, 1.807) is 0 Å². The number of aliphatic carboxylic acids is 1. The van der Waals surface area contributed by atoms with Gasteiger partial charge in [0.25, 0.3) is 0 Å². The summed E-state index contributed by atoms with van der Waals surface area (Å²) >= 11 is 0. The first-order chi connectivity index (χ1) is 8.77. The van der Waals surface area contributed by atoms with Gasteiger partial charge in [-0.25, -0.2) is 0 Å². The molecular weight excluding hydrogens is 236 g/mol. The van der Waals surface area contributed by atoms with E-state index in [0.717, 1.165) is 12.3 Å². The first kappa shape index (κ1) is 13.5. The summed E-state index contributed by atoms with van der Waals surface area (Å²) in [5, 5.41) is 9.41. The molecule has 2 nitrogen and oxygen atoms in total. The second-order valence-corrected chi connectivity index (χ2v) is 8.72. The van der Waals surface area contributed by atoms with Crippen LogP contribution in [-0.2, 0) is 4.79 Å². The highest BCUT2D eigenvalue weighted by Gasteiger charge is 2.60. The van der Waals surface area contributed by atoms with Gasteiger partial charge in [0.15, 0.2) is 0 Å². The van der Waals surface area contributed by atoms with Gasteiger partial charge in [-0.3, -0.25) is 4.79 Å². The Hall–Kier alpha value is -0.530. The molecule has 0 aromatic rings. The standard InChI is InChI=1S/C17H28O2/c1-15(2)9-13-12(15)5-8-16(3)6-4-7-17(13,11-16)10-14(18)19/h12-13H,4-11H2,1-3H3,(H,18,19)/t12-,13-,16+,17?/m1/s1. The Labute approximate surface area is 117 Å². The third-order valence-corrected chi connectivity index (χ3v) is 6.82. The number of fused-ring (bicyclic) bond motifs is 4. The normalized spacial score (nSPS) is 47.7. The maximum atomic E-state index is 11.4. The summed E-state index contributed by atoms with van der Waals surface area (Å²) in [6.45, 7) is 7.20. The highest BCUT2D eigenvalue weighted by Crippen LogP contribution is 2.68. The Morgan fingerprint density at radius 2 is 1.89 bits per heavy atom. The number of rotatable bonds is 2. The van der Waals surface area contributed by atoms with Crippen molar-refractivity contribution in [1.29, 1.82) is 0 Å². The van der Waals surface area contributed by atoms with E-state index in [0.29, 0.717) is 23.2 Å². The van der Waals surface area contributed by atoms with Crippen LogP contribution in [0.5, 0.6) is 0 Å². The molecule has 2 bridgehead atoms. The average Bonchev–Trinajstić information content (AvgIpc) is 2.30. The maximum absolute atomic E-state index is 11.4. The van der Waals surface area contributed by atoms with Crippen molar-refractivity contribution in [2.75, 3.05) is 0 Å². The topological polar surface area (TPSA) is 37.3 Å². The third kappa shape index (κ3) is 2.02. The van der Waals surface area contributed by atoms with Crippen LogP contribution in [0.25, 0.3) is 0 Å². The first-order valence-corrected chi connectivity index (χ1v) is 7.98. The Morgan fingerprint density at radius 1 is 1.16 bits per heavy atom. The molecule has 3 saturated carbocycles. The van der Waals surface area contributed by atoms with Gasteiger partial charge < -0.3 is 5.11 Å². The maximum Gasteiger partial charge on any atom is 0.303 e. The molecule has 3 aliphatic carbocycles. The van der Waals surface area contributed by atoms with Crippen molar-refractivity contribution in [3.63, 3.8) is 0 Å². The summed E-state index contributed by atoms with van der Waals surface area (Å²) in [4.78, 5) is 11.4. The molecule has 1 unspecified atom stereocenters. The number of hydrogen-bond donors (Lipinski definition) is 1. The third-order valence-electron chi connectivity index (χ3n) is 6.82. The molecule has 1 N–H and O–H groups in total. The number of carbonyl (C=O) groups is 1. The van der Waals surface area contributed by atoms with E-state index in [2.05, 4.69) is 20.8 Å². The lowest BCUT2D eigenvalue weighted by molar-refractivity contribution is -0.151. The minimum atomic E-state index is -0.574. The van der Waals surface area contributed by atoms with E-state index >= 15 is 0 Å². The lowest BCUT2D eigenvalue weighted by Crippen LogP contribution is -2.53. The Balaban J connectivity index is 1.95. The zero-order valence-electron chi connectivity index (χ0n) is 12.7. The zero-order chi connectivity index (χ0) is 13.9. The Kier molecular flexibility index (Phi) is 2.82. The van der Waals surface area contributed by atoms with Crippen LogP contribution in [0.3, 0.4) is 0 Å². The molecule has 0 saturated heterocycles. The van der Waals surface area contributed by atoms with Crippen LogP contribution in [0.4, 0.5) is 0 Å². The van der Waals surface area contributed by atoms with E-state index in [1.807, 2.05) is 0 Å². The molecule has 19 heavy (non-hydrogen) atoms. The van der Waals surface area contributed by atoms with E-state index in [4.69, 9.17) is 0 Å². The highest BCUT2D eigenvalue weighted by atomic mass is 16.4. The van der Waals surface area contributed by atoms with Crippen molar-refractivity contribution in [2.45, 2.75) is 72.1 Å². The van der Waals surface area contributed by atoms with Crippen LogP contribution in [0.2, 0.25) is 0 Å². The van der Waals surface area contributed by atoms with Gasteiger partial charge in [-0.05, 0) is 66.6 Å². The Bertz CT molecular complexity index is 400. The first-order valence-electron chi connectivity index (χ1n) is 7.98. The monoisotopic (exact) mass is 264 g/mol. The molecule has 0 aliphatic heterocycles. The molecule has 3 fully saturated rings. The van der Waals surface area contributed by atoms with Gasteiger partial charge in [-0.1, -0.05) is 27.2 Å². The van der Waals surface area contributed by atoms with Crippen LogP contribution in [0.15, 0.2) is 0 Å². The second-order valence-electron chi connectivity index (χ2n) is 8.72. The van der Waals surface area contributed by atoms with Crippen LogP contribution in [-0.4, -0.2) is 11.1 Å². The van der Waals surface area contributed by atoms with E-state index in [9.17, 15) is 9.90 Å². The molecule has 0 spiro atoms. The SMILES string of the molecule is CC1(C)C[C@@H]2[C@H]1CC[C@]1(C)CCCC2(CC(=O)O)C1. The smallest absolute Gasteiger partial charge is 0.303 e. The Morgan fingerprint density at radius 3 is 2.53 bits per heavy atom. The van der Waals surface area contributed by atoms with Crippen molar-refractivity contribution >= 4 is 5.97 Å². The predicted molar refractivity (Wildman–Crippen MR) is 75.9 cm³/mol. The molecule has 3 aliphatic rings. The lowest BCUT2D eigenvalue weighted by Gasteiger charge is -2.60. The lowest BCUT2D eigenvalue weighted by atomic mass is 9.45. The molecule has 0 amide bonds. The van der Waals surface area contributed by atoms with Crippen LogP contribution in [0.1, 0.15) is 72.1 Å². The molecule has 0 aromatic heterocycles. The van der Waals surface area contributed by atoms with Gasteiger partial charge in [-0.15, -0.1) is 0 Å². The largest absolute Gasteiger partial charge is 0.481 e. The molecular formula is C17H28O2. The summed E-state index contributed by atoms with van der Waals surface area (Å²) in [6, 6.07) is 0. The van der Waals surface area contributed by atoms with Crippen molar-refractivity contribution in [1.82, 2.24) is 0 Å². The quantitative estimate of drug-likeness (QED) is 0.798. The predicted octanol–water partition coefficient (Wildman–Crippen LogP) is 4.48. The molecule has 3 rings (SSSR count). The fraction of sp³-hybridized carbons (Fsp3) is 0.941. The second kappa shape index (κ2) is 3.99. The highest BCUT2D eigenvalue weighted by molar-refractivity contribution is 5.68. The summed E-state index contributed by atoms with van der Waals surface area (Å²) in [7, 11) is 0. The number of carboxylic acids is 1. The van der Waals surface area contributed by atoms with Crippen molar-refractivity contribution in [2.24, 2.45) is 28.1 Å². The molecule has 108 valence electrons. The van der Waals surface area contributed by atoms with Crippen molar-refractivity contribution in [3.05, 3.63) is 0 Å². The summed E-state index contributed by atoms with van der Waals surface area (Å²) in [6.07, 6.45) is 9.20. The van der Waals surface area contributed by atoms with Gasteiger partial charge in [0.1, 0.15) is 0 Å². The number of hydrogen-bond acceptors (Lipinski definition) is 1. The van der Waals surface area contributed by atoms with E-state index in [1.165, 1.54) is 38.5 Å². The fourth-order valence-electron chi connectivity index (χ4n) is 5.99. The van der Waals surface area contributed by atoms with Crippen LogP contribution < -0.4 is 0 Å². The molecule has 0 radical (unpaired) electrons. The molecule has 0 aromatic carbocycles. The molecule has 4 atom stereocenters. The summed E-state index contributed by atoms with van der Waals surface area (Å²) < 4.78 is 0. The van der Waals surface area contributed by atoms with Gasteiger partial charge >= 0.3 is 5.97 Å². The zero-order valence-corrected chi connectivity index (χ0v) is 12.7.